The highest BCUT2D eigenvalue weighted by Crippen LogP contribution is 2.53. The average Bonchev–Trinajstić information content (AvgIpc) is 3.66. The Balaban J connectivity index is 1.40. The normalized spacial score (nSPS) is 22.2. The maximum Gasteiger partial charge on any atom is 0.204 e. The van der Waals surface area contributed by atoms with E-state index in [1.807, 2.05) is 0 Å². The molecule has 3 aromatic rings. The van der Waals surface area contributed by atoms with Crippen LogP contribution in [-0.4, -0.2) is 81.9 Å². The van der Waals surface area contributed by atoms with E-state index in [0.717, 1.165) is 11.1 Å². The fourth-order valence-corrected chi connectivity index (χ4v) is 5.94. The standard InChI is InChI=1S/C32H38O12/c1-37-22-8-16(6-7-21(22)34)28(35)27(13-33)44-32-25(40-4)11-18(12-26(32)41-5)31-20-15-42-30(19(20)14-43-31)17-9-23(38-2)29(36)24(10-17)39-3/h6-12,19-20,27-28,30-31,33-36H,13-15H2,1-5H3/t19-,20-,27-,28-,30+,31+/m0/s1. The summed E-state index contributed by atoms with van der Waals surface area (Å²) < 4.78 is 45.8. The smallest absolute Gasteiger partial charge is 0.204 e. The lowest BCUT2D eigenvalue weighted by Gasteiger charge is -2.26. The summed E-state index contributed by atoms with van der Waals surface area (Å²) in [5.41, 5.74) is 1.97. The van der Waals surface area contributed by atoms with E-state index in [1.54, 1.807) is 24.3 Å². The lowest BCUT2D eigenvalue weighted by molar-refractivity contribution is -0.00197. The summed E-state index contributed by atoms with van der Waals surface area (Å²) in [6, 6.07) is 11.4. The fourth-order valence-electron chi connectivity index (χ4n) is 5.94. The Morgan fingerprint density at radius 1 is 0.705 bits per heavy atom. The Bertz CT molecular complexity index is 1410. The number of phenolic OH excluding ortho intramolecular Hbond substituents is 2. The Hall–Kier alpha value is -4.10. The summed E-state index contributed by atoms with van der Waals surface area (Å²) in [6.07, 6.45) is -3.02. The number of methoxy groups -OCH3 is 5. The van der Waals surface area contributed by atoms with Crippen LogP contribution in [0.5, 0.6) is 46.0 Å². The molecule has 2 aliphatic heterocycles. The molecule has 12 heteroatoms. The van der Waals surface area contributed by atoms with E-state index in [1.165, 1.54) is 53.7 Å². The van der Waals surface area contributed by atoms with E-state index < -0.39 is 18.8 Å². The summed E-state index contributed by atoms with van der Waals surface area (Å²) in [5.74, 6) is 1.47. The minimum atomic E-state index is -1.27. The van der Waals surface area contributed by atoms with Gasteiger partial charge in [-0.05, 0) is 53.1 Å². The van der Waals surface area contributed by atoms with Crippen LogP contribution in [0.4, 0.5) is 0 Å². The van der Waals surface area contributed by atoms with E-state index in [2.05, 4.69) is 0 Å². The van der Waals surface area contributed by atoms with Gasteiger partial charge in [0, 0.05) is 11.8 Å². The molecule has 12 nitrogen and oxygen atoms in total. The first-order chi connectivity index (χ1) is 21.3. The van der Waals surface area contributed by atoms with Gasteiger partial charge in [0.15, 0.2) is 40.6 Å². The quantitative estimate of drug-likeness (QED) is 0.235. The number of hydrogen-bond donors (Lipinski definition) is 4. The molecule has 0 amide bonds. The molecular formula is C32H38O12. The van der Waals surface area contributed by atoms with E-state index in [4.69, 9.17) is 37.9 Å². The lowest BCUT2D eigenvalue weighted by atomic mass is 9.84. The summed E-state index contributed by atoms with van der Waals surface area (Å²) in [7, 11) is 7.33. The first-order valence-electron chi connectivity index (χ1n) is 14.0. The molecule has 4 N–H and O–H groups in total. The SMILES string of the molecule is COc1cc([C@H](O)[C@H](CO)Oc2c(OC)cc([C@H]3OC[C@H]4[C@@H]3CO[C@@H]4c3cc(OC)c(O)c(OC)c3)cc2OC)ccc1O. The second kappa shape index (κ2) is 13.3. The van der Waals surface area contributed by atoms with Crippen LogP contribution in [0.2, 0.25) is 0 Å². The van der Waals surface area contributed by atoms with Crippen LogP contribution >= 0.6 is 0 Å². The molecule has 5 rings (SSSR count). The third-order valence-electron chi connectivity index (χ3n) is 8.25. The Kier molecular flexibility index (Phi) is 9.45. The molecule has 0 saturated carbocycles. The zero-order valence-corrected chi connectivity index (χ0v) is 25.2. The van der Waals surface area contributed by atoms with E-state index in [9.17, 15) is 20.4 Å². The maximum absolute atomic E-state index is 11.0. The molecule has 44 heavy (non-hydrogen) atoms. The molecule has 3 aromatic carbocycles. The summed E-state index contributed by atoms with van der Waals surface area (Å²) in [4.78, 5) is 0. The minimum Gasteiger partial charge on any atom is -0.504 e. The molecule has 0 radical (unpaired) electrons. The molecule has 0 bridgehead atoms. The van der Waals surface area contributed by atoms with Gasteiger partial charge in [-0.3, -0.25) is 0 Å². The highest BCUT2D eigenvalue weighted by atomic mass is 16.6. The van der Waals surface area contributed by atoms with Gasteiger partial charge in [-0.1, -0.05) is 6.07 Å². The lowest BCUT2D eigenvalue weighted by Crippen LogP contribution is -2.29. The van der Waals surface area contributed by atoms with Gasteiger partial charge >= 0.3 is 0 Å². The minimum absolute atomic E-state index is 0.00321. The van der Waals surface area contributed by atoms with Crippen LogP contribution in [0.3, 0.4) is 0 Å². The number of fused-ring (bicyclic) bond motifs is 1. The molecule has 0 aromatic heterocycles. The Labute approximate surface area is 255 Å². The van der Waals surface area contributed by atoms with E-state index in [0.29, 0.717) is 41.8 Å². The monoisotopic (exact) mass is 614 g/mol. The van der Waals surface area contributed by atoms with Crippen molar-refractivity contribution in [3.05, 3.63) is 59.2 Å². The largest absolute Gasteiger partial charge is 0.504 e. The molecule has 6 atom stereocenters. The molecule has 0 unspecified atom stereocenters. The first-order valence-corrected chi connectivity index (χ1v) is 14.0. The predicted octanol–water partition coefficient (Wildman–Crippen LogP) is 3.69. The van der Waals surface area contributed by atoms with Gasteiger partial charge in [0.25, 0.3) is 0 Å². The van der Waals surface area contributed by atoms with Crippen molar-refractivity contribution < 1.29 is 58.3 Å². The maximum atomic E-state index is 11.0. The van der Waals surface area contributed by atoms with Gasteiger partial charge < -0.3 is 58.3 Å². The summed E-state index contributed by atoms with van der Waals surface area (Å²) >= 11 is 0. The van der Waals surface area contributed by atoms with Crippen molar-refractivity contribution >= 4 is 0 Å². The van der Waals surface area contributed by atoms with Gasteiger partial charge in [0.1, 0.15) is 6.10 Å². The molecule has 2 heterocycles. The van der Waals surface area contributed by atoms with Crippen molar-refractivity contribution in [1.29, 1.82) is 0 Å². The number of phenols is 2. The topological polar surface area (TPSA) is 155 Å². The molecule has 2 fully saturated rings. The Morgan fingerprint density at radius 3 is 1.64 bits per heavy atom. The van der Waals surface area contributed by atoms with Gasteiger partial charge in [0.05, 0.1) is 67.6 Å². The highest BCUT2D eigenvalue weighted by Gasteiger charge is 2.48. The third-order valence-corrected chi connectivity index (χ3v) is 8.25. The van der Waals surface area contributed by atoms with Crippen molar-refractivity contribution in [2.75, 3.05) is 55.4 Å². The van der Waals surface area contributed by atoms with Crippen molar-refractivity contribution in [2.45, 2.75) is 24.4 Å². The van der Waals surface area contributed by atoms with Gasteiger partial charge in [-0.15, -0.1) is 0 Å². The number of aliphatic hydroxyl groups excluding tert-OH is 2. The summed E-state index contributed by atoms with van der Waals surface area (Å²) in [5, 5.41) is 41.5. The van der Waals surface area contributed by atoms with Crippen LogP contribution < -0.4 is 28.4 Å². The number of ether oxygens (including phenoxy) is 8. The van der Waals surface area contributed by atoms with Crippen molar-refractivity contribution in [3.63, 3.8) is 0 Å². The first kappa shape index (κ1) is 31.3. The number of rotatable bonds is 12. The number of hydrogen-bond acceptors (Lipinski definition) is 12. The fraction of sp³-hybridized carbons (Fsp3) is 0.438. The average molecular weight is 615 g/mol. The highest BCUT2D eigenvalue weighted by molar-refractivity contribution is 5.55. The molecule has 2 aliphatic rings. The number of benzene rings is 3. The molecule has 0 aliphatic carbocycles. The molecule has 238 valence electrons. The zero-order chi connectivity index (χ0) is 31.5. The predicted molar refractivity (Wildman–Crippen MR) is 156 cm³/mol. The zero-order valence-electron chi connectivity index (χ0n) is 25.2. The molecule has 2 saturated heterocycles. The van der Waals surface area contributed by atoms with Crippen molar-refractivity contribution in [3.8, 4) is 46.0 Å². The second-order valence-corrected chi connectivity index (χ2v) is 10.6. The van der Waals surface area contributed by atoms with Gasteiger partial charge in [-0.2, -0.15) is 0 Å². The van der Waals surface area contributed by atoms with E-state index >= 15 is 0 Å². The summed E-state index contributed by atoms with van der Waals surface area (Å²) in [6.45, 7) is 0.339. The molecular weight excluding hydrogens is 576 g/mol. The van der Waals surface area contributed by atoms with E-state index in [-0.39, 0.29) is 47.0 Å². The van der Waals surface area contributed by atoms with Crippen LogP contribution in [-0.2, 0) is 9.47 Å². The van der Waals surface area contributed by atoms with Crippen molar-refractivity contribution in [2.24, 2.45) is 11.8 Å². The van der Waals surface area contributed by atoms with Crippen molar-refractivity contribution in [1.82, 2.24) is 0 Å². The number of aromatic hydroxyl groups is 2. The second-order valence-electron chi connectivity index (χ2n) is 10.6. The van der Waals surface area contributed by atoms with Crippen LogP contribution in [0, 0.1) is 11.8 Å². The molecule has 0 spiro atoms. The Morgan fingerprint density at radius 2 is 1.18 bits per heavy atom. The number of aliphatic hydroxyl groups is 2. The van der Waals surface area contributed by atoms with Gasteiger partial charge in [0.2, 0.25) is 11.5 Å². The third kappa shape index (κ3) is 5.73. The van der Waals surface area contributed by atoms with Crippen LogP contribution in [0.15, 0.2) is 42.5 Å². The van der Waals surface area contributed by atoms with Crippen LogP contribution in [0.25, 0.3) is 0 Å². The van der Waals surface area contributed by atoms with Crippen LogP contribution in [0.1, 0.15) is 35.0 Å². The van der Waals surface area contributed by atoms with Gasteiger partial charge in [-0.25, -0.2) is 0 Å².